The number of ether oxygens (including phenoxy) is 1. The van der Waals surface area contributed by atoms with E-state index in [1.807, 2.05) is 12.1 Å². The van der Waals surface area contributed by atoms with Crippen LogP contribution in [0.2, 0.25) is 0 Å². The predicted octanol–water partition coefficient (Wildman–Crippen LogP) is 1.43. The van der Waals surface area contributed by atoms with Crippen LogP contribution < -0.4 is 5.73 Å². The number of anilines is 1. The van der Waals surface area contributed by atoms with Crippen LogP contribution in [0.5, 0.6) is 0 Å². The predicted molar refractivity (Wildman–Crippen MR) is 57.5 cm³/mol. The summed E-state index contributed by atoms with van der Waals surface area (Å²) in [5.74, 6) is -0.805. The van der Waals surface area contributed by atoms with Crippen LogP contribution in [-0.4, -0.2) is 18.2 Å². The van der Waals surface area contributed by atoms with Gasteiger partial charge in [0.1, 0.15) is 0 Å². The van der Waals surface area contributed by atoms with Gasteiger partial charge >= 0.3 is 5.97 Å². The Labute approximate surface area is 88.7 Å². The highest BCUT2D eigenvalue weighted by atomic mass is 16.5. The molecule has 0 atom stereocenters. The normalized spacial score (nSPS) is 10.2. The van der Waals surface area contributed by atoms with Crippen LogP contribution in [0.4, 0.5) is 5.69 Å². The number of hydrogen-bond acceptors (Lipinski definition) is 3. The molecule has 0 aromatic heterocycles. The molecule has 4 heteroatoms. The Balaban J connectivity index is 2.85. The molecule has 82 valence electrons. The minimum atomic E-state index is -0.805. The molecule has 0 amide bonds. The maximum absolute atomic E-state index is 10.5. The summed E-state index contributed by atoms with van der Waals surface area (Å²) in [7, 11) is 1.59. The number of aryl methyl sites for hydroxylation is 1. The molecular formula is C11H15NO3. The molecule has 0 spiro atoms. The van der Waals surface area contributed by atoms with E-state index < -0.39 is 5.97 Å². The van der Waals surface area contributed by atoms with Gasteiger partial charge in [-0.3, -0.25) is 4.79 Å². The van der Waals surface area contributed by atoms with Crippen molar-refractivity contribution in [2.24, 2.45) is 0 Å². The van der Waals surface area contributed by atoms with Crippen LogP contribution in [0.3, 0.4) is 0 Å². The standard InChI is InChI=1S/C11H15NO3/c1-15-7-9-8(5-6-11(13)14)3-2-4-10(9)12/h2-4H,5-7,12H2,1H3,(H,13,14). The molecule has 0 heterocycles. The van der Waals surface area contributed by atoms with E-state index in [0.29, 0.717) is 18.7 Å². The first-order valence-corrected chi connectivity index (χ1v) is 4.72. The van der Waals surface area contributed by atoms with Crippen LogP contribution in [-0.2, 0) is 22.6 Å². The summed E-state index contributed by atoms with van der Waals surface area (Å²) >= 11 is 0. The fourth-order valence-electron chi connectivity index (χ4n) is 1.45. The number of carbonyl (C=O) groups is 1. The zero-order chi connectivity index (χ0) is 11.3. The van der Waals surface area contributed by atoms with E-state index in [-0.39, 0.29) is 6.42 Å². The Morgan fingerprint density at radius 1 is 1.53 bits per heavy atom. The SMILES string of the molecule is COCc1c(N)cccc1CCC(=O)O. The van der Waals surface area contributed by atoms with Crippen molar-refractivity contribution in [2.45, 2.75) is 19.4 Å². The fourth-order valence-corrected chi connectivity index (χ4v) is 1.45. The summed E-state index contributed by atoms with van der Waals surface area (Å²) in [4.78, 5) is 10.5. The van der Waals surface area contributed by atoms with Crippen molar-refractivity contribution < 1.29 is 14.6 Å². The molecule has 1 rings (SSSR count). The van der Waals surface area contributed by atoms with Gasteiger partial charge in [-0.1, -0.05) is 12.1 Å². The molecule has 15 heavy (non-hydrogen) atoms. The zero-order valence-electron chi connectivity index (χ0n) is 8.69. The minimum absolute atomic E-state index is 0.111. The molecule has 4 nitrogen and oxygen atoms in total. The van der Waals surface area contributed by atoms with Crippen molar-refractivity contribution in [3.8, 4) is 0 Å². The molecule has 0 radical (unpaired) electrons. The lowest BCUT2D eigenvalue weighted by atomic mass is 10.0. The molecule has 0 saturated carbocycles. The summed E-state index contributed by atoms with van der Waals surface area (Å²) in [6.45, 7) is 0.418. The van der Waals surface area contributed by atoms with Crippen LogP contribution in [0, 0.1) is 0 Å². The first-order valence-electron chi connectivity index (χ1n) is 4.72. The highest BCUT2D eigenvalue weighted by molar-refractivity contribution is 5.67. The summed E-state index contributed by atoms with van der Waals surface area (Å²) < 4.78 is 5.03. The van der Waals surface area contributed by atoms with Gasteiger partial charge in [0.25, 0.3) is 0 Å². The number of methoxy groups -OCH3 is 1. The monoisotopic (exact) mass is 209 g/mol. The number of carboxylic acid groups (broad SMARTS) is 1. The van der Waals surface area contributed by atoms with Crippen LogP contribution in [0.25, 0.3) is 0 Å². The lowest BCUT2D eigenvalue weighted by Gasteiger charge is -2.10. The molecule has 0 unspecified atom stereocenters. The zero-order valence-corrected chi connectivity index (χ0v) is 8.69. The number of carboxylic acids is 1. The second-order valence-electron chi connectivity index (χ2n) is 3.31. The summed E-state index contributed by atoms with van der Waals surface area (Å²) in [5.41, 5.74) is 8.27. The van der Waals surface area contributed by atoms with E-state index in [0.717, 1.165) is 11.1 Å². The number of hydrogen-bond donors (Lipinski definition) is 2. The number of aliphatic carboxylic acids is 1. The Morgan fingerprint density at radius 2 is 2.27 bits per heavy atom. The molecule has 0 aliphatic heterocycles. The molecule has 1 aromatic rings. The molecule has 0 saturated heterocycles. The lowest BCUT2D eigenvalue weighted by molar-refractivity contribution is -0.136. The van der Waals surface area contributed by atoms with Gasteiger partial charge in [0.2, 0.25) is 0 Å². The van der Waals surface area contributed by atoms with Crippen molar-refractivity contribution in [1.82, 2.24) is 0 Å². The maximum Gasteiger partial charge on any atom is 0.303 e. The van der Waals surface area contributed by atoms with Gasteiger partial charge in [-0.05, 0) is 18.1 Å². The highest BCUT2D eigenvalue weighted by Crippen LogP contribution is 2.19. The lowest BCUT2D eigenvalue weighted by Crippen LogP contribution is -2.04. The first kappa shape index (κ1) is 11.5. The topological polar surface area (TPSA) is 72.5 Å². The molecule has 1 aromatic carbocycles. The van der Waals surface area contributed by atoms with Gasteiger partial charge in [0.05, 0.1) is 6.61 Å². The largest absolute Gasteiger partial charge is 0.481 e. The summed E-state index contributed by atoms with van der Waals surface area (Å²) in [5, 5.41) is 8.60. The van der Waals surface area contributed by atoms with E-state index in [9.17, 15) is 4.79 Å². The third-order valence-corrected chi connectivity index (χ3v) is 2.21. The molecule has 3 N–H and O–H groups in total. The van der Waals surface area contributed by atoms with Gasteiger partial charge in [0, 0.05) is 24.8 Å². The van der Waals surface area contributed by atoms with E-state index in [4.69, 9.17) is 15.6 Å². The van der Waals surface area contributed by atoms with Gasteiger partial charge in [-0.2, -0.15) is 0 Å². The number of nitrogen functional groups attached to an aromatic ring is 1. The molecule has 0 fully saturated rings. The van der Waals surface area contributed by atoms with Crippen LogP contribution in [0.1, 0.15) is 17.5 Å². The highest BCUT2D eigenvalue weighted by Gasteiger charge is 2.07. The molecular weight excluding hydrogens is 194 g/mol. The quantitative estimate of drug-likeness (QED) is 0.719. The van der Waals surface area contributed by atoms with Gasteiger partial charge in [-0.15, -0.1) is 0 Å². The average molecular weight is 209 g/mol. The second-order valence-corrected chi connectivity index (χ2v) is 3.31. The van der Waals surface area contributed by atoms with Crippen molar-refractivity contribution in [3.63, 3.8) is 0 Å². The smallest absolute Gasteiger partial charge is 0.303 e. The number of benzene rings is 1. The van der Waals surface area contributed by atoms with Gasteiger partial charge < -0.3 is 15.6 Å². The first-order chi connectivity index (χ1) is 7.15. The van der Waals surface area contributed by atoms with E-state index >= 15 is 0 Å². The average Bonchev–Trinajstić information content (AvgIpc) is 2.19. The molecule has 0 aliphatic rings. The third-order valence-electron chi connectivity index (χ3n) is 2.21. The van der Waals surface area contributed by atoms with Crippen molar-refractivity contribution in [2.75, 3.05) is 12.8 Å². The maximum atomic E-state index is 10.5. The van der Waals surface area contributed by atoms with Crippen LogP contribution in [0.15, 0.2) is 18.2 Å². The number of rotatable bonds is 5. The Kier molecular flexibility index (Phi) is 4.12. The second kappa shape index (κ2) is 5.36. The van der Waals surface area contributed by atoms with E-state index in [2.05, 4.69) is 0 Å². The Morgan fingerprint density at radius 3 is 2.87 bits per heavy atom. The van der Waals surface area contributed by atoms with Crippen molar-refractivity contribution in [1.29, 1.82) is 0 Å². The van der Waals surface area contributed by atoms with Gasteiger partial charge in [-0.25, -0.2) is 0 Å². The van der Waals surface area contributed by atoms with Crippen molar-refractivity contribution in [3.05, 3.63) is 29.3 Å². The van der Waals surface area contributed by atoms with E-state index in [1.165, 1.54) is 0 Å². The molecule has 0 aliphatic carbocycles. The van der Waals surface area contributed by atoms with Crippen LogP contribution >= 0.6 is 0 Å². The fraction of sp³-hybridized carbons (Fsp3) is 0.364. The molecule has 0 bridgehead atoms. The van der Waals surface area contributed by atoms with E-state index in [1.54, 1.807) is 13.2 Å². The summed E-state index contributed by atoms with van der Waals surface area (Å²) in [6.07, 6.45) is 0.596. The Bertz CT molecular complexity index is 350. The Hall–Kier alpha value is -1.55. The van der Waals surface area contributed by atoms with Crippen molar-refractivity contribution >= 4 is 11.7 Å². The minimum Gasteiger partial charge on any atom is -0.481 e. The summed E-state index contributed by atoms with van der Waals surface area (Å²) in [6, 6.07) is 5.50. The number of nitrogens with two attached hydrogens (primary N) is 1. The third kappa shape index (κ3) is 3.25. The van der Waals surface area contributed by atoms with Gasteiger partial charge in [0.15, 0.2) is 0 Å².